The first kappa shape index (κ1) is 18.0. The molecule has 1 amide bonds. The number of hydrogen-bond acceptors (Lipinski definition) is 5. The van der Waals surface area contributed by atoms with Crippen molar-refractivity contribution in [1.29, 1.82) is 0 Å². The van der Waals surface area contributed by atoms with Gasteiger partial charge in [0.2, 0.25) is 0 Å². The molecule has 0 atom stereocenters. The third-order valence-corrected chi connectivity index (χ3v) is 7.67. The Morgan fingerprint density at radius 1 is 1.11 bits per heavy atom. The van der Waals surface area contributed by atoms with Crippen LogP contribution in [0.3, 0.4) is 0 Å². The van der Waals surface area contributed by atoms with Gasteiger partial charge < -0.3 is 14.1 Å². The van der Waals surface area contributed by atoms with Crippen LogP contribution in [0.1, 0.15) is 54.0 Å². The first-order valence-electron chi connectivity index (χ1n) is 10.1. The highest BCUT2D eigenvalue weighted by molar-refractivity contribution is 7.11. The van der Waals surface area contributed by atoms with Crippen LogP contribution < -0.4 is 0 Å². The van der Waals surface area contributed by atoms with E-state index in [4.69, 9.17) is 9.15 Å². The van der Waals surface area contributed by atoms with Crippen LogP contribution in [0.2, 0.25) is 0 Å². The Bertz CT molecular complexity index is 807. The molecule has 4 saturated carbocycles. The molecule has 148 valence electrons. The fourth-order valence-corrected chi connectivity index (χ4v) is 6.76. The number of thiophene rings is 1. The van der Waals surface area contributed by atoms with E-state index in [9.17, 15) is 9.59 Å². The smallest absolute Gasteiger partial charge is 0.348 e. The van der Waals surface area contributed by atoms with E-state index < -0.39 is 5.97 Å². The lowest BCUT2D eigenvalue weighted by molar-refractivity contribution is -0.156. The summed E-state index contributed by atoms with van der Waals surface area (Å²) in [6, 6.07) is 7.30. The molecule has 2 aromatic rings. The van der Waals surface area contributed by atoms with E-state index >= 15 is 0 Å². The van der Waals surface area contributed by atoms with E-state index in [0.717, 1.165) is 42.8 Å². The summed E-state index contributed by atoms with van der Waals surface area (Å²) < 4.78 is 10.9. The Labute approximate surface area is 168 Å². The van der Waals surface area contributed by atoms with Gasteiger partial charge in [-0.05, 0) is 79.9 Å². The topological polar surface area (TPSA) is 59.8 Å². The standard InChI is InChI=1S/C22H25NO4S/c24-20(14-27-21(25)19-4-2-6-28-19)23(13-18-3-1-5-26-18)22-10-15-7-16(11-22)9-17(8-15)12-22/h1-6,15-17H,7-14H2. The molecule has 0 aliphatic heterocycles. The van der Waals surface area contributed by atoms with Crippen molar-refractivity contribution < 1.29 is 18.7 Å². The van der Waals surface area contributed by atoms with E-state index in [1.165, 1.54) is 30.6 Å². The Hall–Kier alpha value is -2.08. The van der Waals surface area contributed by atoms with E-state index in [1.807, 2.05) is 28.5 Å². The van der Waals surface area contributed by atoms with Gasteiger partial charge in [-0.15, -0.1) is 11.3 Å². The average molecular weight is 400 g/mol. The molecule has 4 bridgehead atoms. The molecule has 0 radical (unpaired) electrons. The fourth-order valence-electron chi connectivity index (χ4n) is 6.15. The Morgan fingerprint density at radius 2 is 1.82 bits per heavy atom. The summed E-state index contributed by atoms with van der Waals surface area (Å²) in [4.78, 5) is 28.0. The maximum Gasteiger partial charge on any atom is 0.348 e. The largest absolute Gasteiger partial charge is 0.467 e. The predicted octanol–water partition coefficient (Wildman–Crippen LogP) is 4.50. The van der Waals surface area contributed by atoms with Gasteiger partial charge in [-0.1, -0.05) is 6.07 Å². The number of amides is 1. The molecule has 0 spiro atoms. The number of esters is 1. The highest BCUT2D eigenvalue weighted by atomic mass is 32.1. The van der Waals surface area contributed by atoms with Gasteiger partial charge in [0.15, 0.2) is 6.61 Å². The summed E-state index contributed by atoms with van der Waals surface area (Å²) in [5, 5.41) is 1.83. The van der Waals surface area contributed by atoms with Gasteiger partial charge >= 0.3 is 5.97 Å². The summed E-state index contributed by atoms with van der Waals surface area (Å²) in [5.41, 5.74) is -0.103. The Balaban J connectivity index is 1.36. The van der Waals surface area contributed by atoms with Crippen molar-refractivity contribution in [2.24, 2.45) is 17.8 Å². The highest BCUT2D eigenvalue weighted by Gasteiger charge is 2.54. The summed E-state index contributed by atoms with van der Waals surface area (Å²) >= 11 is 1.33. The number of carbonyl (C=O) groups excluding carboxylic acids is 2. The van der Waals surface area contributed by atoms with E-state index in [1.54, 1.807) is 12.3 Å². The average Bonchev–Trinajstić information content (AvgIpc) is 3.36. The maximum absolute atomic E-state index is 13.3. The molecular formula is C22H25NO4S. The van der Waals surface area contributed by atoms with Gasteiger partial charge in [-0.2, -0.15) is 0 Å². The van der Waals surface area contributed by atoms with Crippen molar-refractivity contribution in [3.05, 3.63) is 46.5 Å². The maximum atomic E-state index is 13.3. The summed E-state index contributed by atoms with van der Waals surface area (Å²) in [7, 11) is 0. The van der Waals surface area contributed by atoms with Crippen LogP contribution >= 0.6 is 11.3 Å². The van der Waals surface area contributed by atoms with Gasteiger partial charge in [0.25, 0.3) is 5.91 Å². The van der Waals surface area contributed by atoms with E-state index in [-0.39, 0.29) is 18.1 Å². The summed E-state index contributed by atoms with van der Waals surface area (Å²) in [5.74, 6) is 2.44. The van der Waals surface area contributed by atoms with Crippen molar-refractivity contribution in [3.63, 3.8) is 0 Å². The monoisotopic (exact) mass is 399 g/mol. The van der Waals surface area contributed by atoms with Gasteiger partial charge in [0, 0.05) is 5.54 Å². The van der Waals surface area contributed by atoms with Crippen molar-refractivity contribution >= 4 is 23.2 Å². The van der Waals surface area contributed by atoms with Crippen LogP contribution in [0, 0.1) is 17.8 Å². The third-order valence-electron chi connectivity index (χ3n) is 6.82. The second-order valence-electron chi connectivity index (χ2n) is 8.75. The molecule has 0 N–H and O–H groups in total. The second-order valence-corrected chi connectivity index (χ2v) is 9.70. The number of ether oxygens (including phenoxy) is 1. The molecule has 6 heteroatoms. The summed E-state index contributed by atoms with van der Waals surface area (Å²) in [6.07, 6.45) is 8.81. The molecule has 5 nitrogen and oxygen atoms in total. The molecule has 6 rings (SSSR count). The third kappa shape index (κ3) is 3.28. The SMILES string of the molecule is O=C(OCC(=O)N(Cc1ccco1)C12CC3CC(CC(C3)C1)C2)c1cccs1. The summed E-state index contributed by atoms with van der Waals surface area (Å²) in [6.45, 7) is 0.244. The van der Waals surface area contributed by atoms with Crippen molar-refractivity contribution in [3.8, 4) is 0 Å². The Morgan fingerprint density at radius 3 is 2.39 bits per heavy atom. The van der Waals surface area contributed by atoms with Gasteiger partial charge in [-0.3, -0.25) is 4.79 Å². The normalized spacial score (nSPS) is 30.4. The molecular weight excluding hydrogens is 374 g/mol. The number of hydrogen-bond donors (Lipinski definition) is 0. The first-order chi connectivity index (χ1) is 13.6. The minimum Gasteiger partial charge on any atom is -0.467 e. The minimum atomic E-state index is -0.424. The van der Waals surface area contributed by atoms with E-state index in [0.29, 0.717) is 11.4 Å². The second kappa shape index (κ2) is 7.07. The number of carbonyl (C=O) groups is 2. The van der Waals surface area contributed by atoms with Gasteiger partial charge in [-0.25, -0.2) is 4.79 Å². The Kier molecular flexibility index (Phi) is 4.54. The molecule has 4 aliphatic rings. The van der Waals surface area contributed by atoms with Crippen LogP contribution in [0.25, 0.3) is 0 Å². The number of nitrogens with zero attached hydrogens (tertiary/aromatic N) is 1. The zero-order valence-corrected chi connectivity index (χ0v) is 16.7. The van der Waals surface area contributed by atoms with Crippen LogP contribution in [0.5, 0.6) is 0 Å². The minimum absolute atomic E-state index is 0.103. The lowest BCUT2D eigenvalue weighted by Crippen LogP contribution is -2.61. The molecule has 4 aliphatic carbocycles. The molecule has 4 fully saturated rings. The van der Waals surface area contributed by atoms with Crippen molar-refractivity contribution in [2.75, 3.05) is 6.61 Å². The van der Waals surface area contributed by atoms with Crippen molar-refractivity contribution in [1.82, 2.24) is 4.90 Å². The van der Waals surface area contributed by atoms with E-state index in [2.05, 4.69) is 0 Å². The zero-order chi connectivity index (χ0) is 19.1. The molecule has 0 saturated heterocycles. The van der Waals surface area contributed by atoms with Crippen LogP contribution in [-0.2, 0) is 16.1 Å². The van der Waals surface area contributed by atoms with Gasteiger partial charge in [0.1, 0.15) is 10.6 Å². The predicted molar refractivity (Wildman–Crippen MR) is 105 cm³/mol. The van der Waals surface area contributed by atoms with Gasteiger partial charge in [0.05, 0.1) is 12.8 Å². The molecule has 2 aromatic heterocycles. The number of rotatable bonds is 6. The molecule has 28 heavy (non-hydrogen) atoms. The fraction of sp³-hybridized carbons (Fsp3) is 0.545. The van der Waals surface area contributed by atoms with Crippen LogP contribution in [0.4, 0.5) is 0 Å². The number of furan rings is 1. The zero-order valence-electron chi connectivity index (χ0n) is 15.8. The molecule has 0 aromatic carbocycles. The lowest BCUT2D eigenvalue weighted by Gasteiger charge is -2.60. The first-order valence-corrected chi connectivity index (χ1v) is 11.0. The lowest BCUT2D eigenvalue weighted by atomic mass is 9.52. The molecule has 2 heterocycles. The van der Waals surface area contributed by atoms with Crippen LogP contribution in [-0.4, -0.2) is 28.9 Å². The molecule has 0 unspecified atom stereocenters. The van der Waals surface area contributed by atoms with Crippen LogP contribution in [0.15, 0.2) is 40.3 Å². The van der Waals surface area contributed by atoms with Crippen molar-refractivity contribution in [2.45, 2.75) is 50.6 Å². The highest BCUT2D eigenvalue weighted by Crippen LogP contribution is 2.58. The quantitative estimate of drug-likeness (QED) is 0.671.